The van der Waals surface area contributed by atoms with Gasteiger partial charge in [0.05, 0.1) is 13.0 Å². The average molecular weight is 329 g/mol. The smallest absolute Gasteiger partial charge is 0.227 e. The van der Waals surface area contributed by atoms with E-state index in [-0.39, 0.29) is 5.91 Å². The highest BCUT2D eigenvalue weighted by Crippen LogP contribution is 2.21. The van der Waals surface area contributed by atoms with Crippen LogP contribution in [0.25, 0.3) is 0 Å². The molecule has 1 aromatic heterocycles. The third-order valence-electron chi connectivity index (χ3n) is 4.35. The zero-order chi connectivity index (χ0) is 16.1. The number of amides is 1. The lowest BCUT2D eigenvalue weighted by molar-refractivity contribution is -0.131. The van der Waals surface area contributed by atoms with Crippen molar-refractivity contribution in [3.05, 3.63) is 52.2 Å². The lowest BCUT2D eigenvalue weighted by Gasteiger charge is -2.32. The molecule has 0 bridgehead atoms. The summed E-state index contributed by atoms with van der Waals surface area (Å²) < 4.78 is 5.91. The molecule has 1 aliphatic heterocycles. The maximum absolute atomic E-state index is 12.3. The first-order chi connectivity index (χ1) is 11.2. The summed E-state index contributed by atoms with van der Waals surface area (Å²) in [4.78, 5) is 15.4. The minimum Gasteiger partial charge on any atom is -0.493 e. The number of carbonyl (C=O) groups is 1. The van der Waals surface area contributed by atoms with Crippen LogP contribution < -0.4 is 4.74 Å². The van der Waals surface area contributed by atoms with Gasteiger partial charge >= 0.3 is 0 Å². The average Bonchev–Trinajstić information content (AvgIpc) is 3.06. The first kappa shape index (κ1) is 16.1. The van der Waals surface area contributed by atoms with Gasteiger partial charge < -0.3 is 9.64 Å². The maximum Gasteiger partial charge on any atom is 0.227 e. The number of aryl methyl sites for hydroxylation is 1. The molecule has 1 aliphatic rings. The van der Waals surface area contributed by atoms with E-state index in [2.05, 4.69) is 19.1 Å². The lowest BCUT2D eigenvalue weighted by atomic mass is 9.97. The molecule has 0 atom stereocenters. The molecular formula is C19H23NO2S. The molecule has 2 aromatic rings. The molecule has 1 aromatic carbocycles. The first-order valence-corrected chi connectivity index (χ1v) is 9.08. The van der Waals surface area contributed by atoms with Crippen molar-refractivity contribution in [1.29, 1.82) is 0 Å². The number of hydrogen-bond acceptors (Lipinski definition) is 3. The van der Waals surface area contributed by atoms with Crippen LogP contribution >= 0.6 is 11.3 Å². The van der Waals surface area contributed by atoms with E-state index >= 15 is 0 Å². The van der Waals surface area contributed by atoms with Crippen LogP contribution in [0.3, 0.4) is 0 Å². The zero-order valence-corrected chi connectivity index (χ0v) is 14.3. The molecule has 0 spiro atoms. The lowest BCUT2D eigenvalue weighted by Crippen LogP contribution is -2.40. The summed E-state index contributed by atoms with van der Waals surface area (Å²) in [7, 11) is 0. The number of nitrogens with zero attached hydrogens (tertiary/aromatic N) is 1. The summed E-state index contributed by atoms with van der Waals surface area (Å²) in [6.07, 6.45) is 2.60. The fraction of sp³-hybridized carbons (Fsp3) is 0.421. The van der Waals surface area contributed by atoms with Crippen molar-refractivity contribution in [3.8, 4) is 5.75 Å². The SMILES string of the molecule is Cc1cccc(OCC2CCN(C(=O)Cc3cccs3)CC2)c1. The Labute approximate surface area is 141 Å². The monoisotopic (exact) mass is 329 g/mol. The van der Waals surface area contributed by atoms with Crippen molar-refractivity contribution in [2.24, 2.45) is 5.92 Å². The van der Waals surface area contributed by atoms with E-state index in [0.29, 0.717) is 12.3 Å². The molecule has 122 valence electrons. The van der Waals surface area contributed by atoms with Gasteiger partial charge in [-0.25, -0.2) is 0 Å². The van der Waals surface area contributed by atoms with Gasteiger partial charge in [-0.05, 0) is 54.8 Å². The predicted molar refractivity (Wildman–Crippen MR) is 94.0 cm³/mol. The Bertz CT molecular complexity index is 631. The van der Waals surface area contributed by atoms with Crippen LogP contribution in [0.4, 0.5) is 0 Å². The summed E-state index contributed by atoms with van der Waals surface area (Å²) >= 11 is 1.66. The van der Waals surface area contributed by atoms with Crippen molar-refractivity contribution in [2.75, 3.05) is 19.7 Å². The molecule has 0 N–H and O–H groups in total. The molecule has 4 heteroatoms. The Morgan fingerprint density at radius 2 is 2.09 bits per heavy atom. The zero-order valence-electron chi connectivity index (χ0n) is 13.5. The Balaban J connectivity index is 1.42. The van der Waals surface area contributed by atoms with Gasteiger partial charge in [0.1, 0.15) is 5.75 Å². The summed E-state index contributed by atoms with van der Waals surface area (Å²) in [6.45, 7) is 4.53. The number of likely N-dealkylation sites (tertiary alicyclic amines) is 1. The van der Waals surface area contributed by atoms with Crippen LogP contribution in [-0.2, 0) is 11.2 Å². The quantitative estimate of drug-likeness (QED) is 0.832. The van der Waals surface area contributed by atoms with Crippen LogP contribution in [0.5, 0.6) is 5.75 Å². The molecular weight excluding hydrogens is 306 g/mol. The van der Waals surface area contributed by atoms with Gasteiger partial charge in [0.15, 0.2) is 0 Å². The van der Waals surface area contributed by atoms with Crippen molar-refractivity contribution >= 4 is 17.2 Å². The topological polar surface area (TPSA) is 29.5 Å². The van der Waals surface area contributed by atoms with Gasteiger partial charge in [-0.2, -0.15) is 0 Å². The Hall–Kier alpha value is -1.81. The molecule has 0 aliphatic carbocycles. The van der Waals surface area contributed by atoms with Gasteiger partial charge in [-0.15, -0.1) is 11.3 Å². The van der Waals surface area contributed by atoms with E-state index < -0.39 is 0 Å². The number of benzene rings is 1. The number of piperidine rings is 1. The predicted octanol–water partition coefficient (Wildman–Crippen LogP) is 3.92. The van der Waals surface area contributed by atoms with Crippen LogP contribution in [0.1, 0.15) is 23.3 Å². The minimum atomic E-state index is 0.255. The summed E-state index contributed by atoms with van der Waals surface area (Å²) in [5, 5.41) is 2.03. The molecule has 0 saturated carbocycles. The van der Waals surface area contributed by atoms with Gasteiger partial charge in [0, 0.05) is 18.0 Å². The van der Waals surface area contributed by atoms with Crippen molar-refractivity contribution < 1.29 is 9.53 Å². The molecule has 1 amide bonds. The van der Waals surface area contributed by atoms with Crippen LogP contribution in [0.15, 0.2) is 41.8 Å². The highest BCUT2D eigenvalue weighted by Gasteiger charge is 2.23. The Kier molecular flexibility index (Phi) is 5.34. The van der Waals surface area contributed by atoms with E-state index in [1.807, 2.05) is 34.5 Å². The maximum atomic E-state index is 12.3. The standard InChI is InChI=1S/C19H23NO2S/c1-15-4-2-5-17(12-15)22-14-16-7-9-20(10-8-16)19(21)13-18-6-3-11-23-18/h2-6,11-12,16H,7-10,13-14H2,1H3. The molecule has 23 heavy (non-hydrogen) atoms. The number of ether oxygens (including phenoxy) is 1. The molecule has 0 radical (unpaired) electrons. The Morgan fingerprint density at radius 3 is 2.78 bits per heavy atom. The molecule has 3 nitrogen and oxygen atoms in total. The number of hydrogen-bond donors (Lipinski definition) is 0. The Morgan fingerprint density at radius 1 is 1.26 bits per heavy atom. The van der Waals surface area contributed by atoms with Gasteiger partial charge in [-0.1, -0.05) is 18.2 Å². The summed E-state index contributed by atoms with van der Waals surface area (Å²) in [6, 6.07) is 12.2. The summed E-state index contributed by atoms with van der Waals surface area (Å²) in [5.74, 6) is 1.74. The first-order valence-electron chi connectivity index (χ1n) is 8.20. The van der Waals surface area contributed by atoms with Crippen LogP contribution in [0.2, 0.25) is 0 Å². The summed E-state index contributed by atoms with van der Waals surface area (Å²) in [5.41, 5.74) is 1.22. The van der Waals surface area contributed by atoms with E-state index in [1.54, 1.807) is 11.3 Å². The largest absolute Gasteiger partial charge is 0.493 e. The van der Waals surface area contributed by atoms with Gasteiger partial charge in [0.2, 0.25) is 5.91 Å². The van der Waals surface area contributed by atoms with Crippen LogP contribution in [0, 0.1) is 12.8 Å². The third-order valence-corrected chi connectivity index (χ3v) is 5.22. The molecule has 1 saturated heterocycles. The number of carbonyl (C=O) groups excluding carboxylic acids is 1. The molecule has 3 rings (SSSR count). The van der Waals surface area contributed by atoms with Crippen molar-refractivity contribution in [1.82, 2.24) is 4.90 Å². The minimum absolute atomic E-state index is 0.255. The molecule has 2 heterocycles. The van der Waals surface area contributed by atoms with Gasteiger partial charge in [0.25, 0.3) is 0 Å². The van der Waals surface area contributed by atoms with E-state index in [9.17, 15) is 4.79 Å². The molecule has 1 fully saturated rings. The second kappa shape index (κ2) is 7.64. The van der Waals surface area contributed by atoms with Crippen LogP contribution in [-0.4, -0.2) is 30.5 Å². The second-order valence-corrected chi connectivity index (χ2v) is 7.24. The number of rotatable bonds is 5. The van der Waals surface area contributed by atoms with E-state index in [0.717, 1.165) is 43.2 Å². The van der Waals surface area contributed by atoms with Gasteiger partial charge in [-0.3, -0.25) is 4.79 Å². The number of thiophene rings is 1. The van der Waals surface area contributed by atoms with E-state index in [4.69, 9.17) is 4.74 Å². The highest BCUT2D eigenvalue weighted by atomic mass is 32.1. The highest BCUT2D eigenvalue weighted by molar-refractivity contribution is 7.10. The fourth-order valence-corrected chi connectivity index (χ4v) is 3.64. The van der Waals surface area contributed by atoms with Crippen molar-refractivity contribution in [2.45, 2.75) is 26.2 Å². The van der Waals surface area contributed by atoms with E-state index in [1.165, 1.54) is 5.56 Å². The fourth-order valence-electron chi connectivity index (χ4n) is 2.94. The second-order valence-electron chi connectivity index (χ2n) is 6.21. The molecule has 0 unspecified atom stereocenters. The third kappa shape index (κ3) is 4.58. The van der Waals surface area contributed by atoms with Crippen molar-refractivity contribution in [3.63, 3.8) is 0 Å². The normalized spacial score (nSPS) is 15.6.